The molecule has 1 aliphatic heterocycles. The van der Waals surface area contributed by atoms with Crippen molar-refractivity contribution in [2.45, 2.75) is 6.42 Å². The highest BCUT2D eigenvalue weighted by atomic mass is 35.5. The SMILES string of the molecule is Cl.NC1=CCCN1. The molecule has 0 atom stereocenters. The molecule has 0 bridgehead atoms. The van der Waals surface area contributed by atoms with Crippen molar-refractivity contribution in [2.24, 2.45) is 5.73 Å². The fraction of sp³-hybridized carbons (Fsp3) is 0.500. The van der Waals surface area contributed by atoms with Gasteiger partial charge in [-0.3, -0.25) is 0 Å². The van der Waals surface area contributed by atoms with E-state index in [1.807, 2.05) is 6.08 Å². The first kappa shape index (κ1) is 6.63. The molecule has 0 aliphatic carbocycles. The van der Waals surface area contributed by atoms with E-state index >= 15 is 0 Å². The quantitative estimate of drug-likeness (QED) is 0.480. The van der Waals surface area contributed by atoms with E-state index in [1.54, 1.807) is 0 Å². The van der Waals surface area contributed by atoms with Gasteiger partial charge < -0.3 is 11.1 Å². The first-order valence-electron chi connectivity index (χ1n) is 2.09. The standard InChI is InChI=1S/C4H8N2.ClH/c5-4-2-1-3-6-4;/h2,6H,1,3,5H2;1H. The van der Waals surface area contributed by atoms with Gasteiger partial charge in [-0.05, 0) is 12.5 Å². The van der Waals surface area contributed by atoms with Crippen LogP contribution in [0.25, 0.3) is 0 Å². The summed E-state index contributed by atoms with van der Waals surface area (Å²) >= 11 is 0. The molecule has 0 spiro atoms. The molecule has 0 saturated carbocycles. The maximum atomic E-state index is 5.28. The van der Waals surface area contributed by atoms with E-state index in [9.17, 15) is 0 Å². The van der Waals surface area contributed by atoms with Crippen molar-refractivity contribution in [3.05, 3.63) is 11.9 Å². The minimum atomic E-state index is 0. The molecule has 0 amide bonds. The summed E-state index contributed by atoms with van der Waals surface area (Å²) in [5.41, 5.74) is 5.28. The Labute approximate surface area is 49.2 Å². The molecule has 1 rings (SSSR count). The van der Waals surface area contributed by atoms with Crippen molar-refractivity contribution in [1.82, 2.24) is 5.32 Å². The molecule has 0 aromatic heterocycles. The molecule has 3 N–H and O–H groups in total. The monoisotopic (exact) mass is 120 g/mol. The van der Waals surface area contributed by atoms with E-state index in [1.165, 1.54) is 0 Å². The summed E-state index contributed by atoms with van der Waals surface area (Å²) in [4.78, 5) is 0. The highest BCUT2D eigenvalue weighted by Gasteiger charge is 1.93. The minimum absolute atomic E-state index is 0. The summed E-state index contributed by atoms with van der Waals surface area (Å²) in [6, 6.07) is 0. The molecule has 0 aromatic carbocycles. The van der Waals surface area contributed by atoms with Gasteiger partial charge in [0.25, 0.3) is 0 Å². The highest BCUT2D eigenvalue weighted by molar-refractivity contribution is 5.85. The Bertz CT molecular complexity index is 79.8. The normalized spacial score (nSPS) is 16.9. The van der Waals surface area contributed by atoms with Crippen molar-refractivity contribution < 1.29 is 0 Å². The fourth-order valence-corrected chi connectivity index (χ4v) is 0.516. The average molecular weight is 121 g/mol. The predicted molar refractivity (Wildman–Crippen MR) is 32.1 cm³/mol. The Hall–Kier alpha value is -0.370. The summed E-state index contributed by atoms with van der Waals surface area (Å²) in [6.07, 6.45) is 3.08. The van der Waals surface area contributed by atoms with Crippen LogP contribution in [0.1, 0.15) is 6.42 Å². The van der Waals surface area contributed by atoms with Gasteiger partial charge in [0.2, 0.25) is 0 Å². The first-order chi connectivity index (χ1) is 2.89. The fourth-order valence-electron chi connectivity index (χ4n) is 0.516. The summed E-state index contributed by atoms with van der Waals surface area (Å²) in [5, 5.41) is 2.96. The van der Waals surface area contributed by atoms with E-state index in [0.29, 0.717) is 0 Å². The van der Waals surface area contributed by atoms with Crippen LogP contribution in [0.4, 0.5) is 0 Å². The second-order valence-electron chi connectivity index (χ2n) is 1.37. The van der Waals surface area contributed by atoms with Gasteiger partial charge in [-0.2, -0.15) is 0 Å². The van der Waals surface area contributed by atoms with Gasteiger partial charge in [0.05, 0.1) is 5.82 Å². The second-order valence-corrected chi connectivity index (χ2v) is 1.37. The molecule has 1 aliphatic rings. The van der Waals surface area contributed by atoms with Crippen molar-refractivity contribution in [3.8, 4) is 0 Å². The molecule has 42 valence electrons. The lowest BCUT2D eigenvalue weighted by molar-refractivity contribution is 0.865. The van der Waals surface area contributed by atoms with Gasteiger partial charge in [-0.1, -0.05) is 0 Å². The van der Waals surface area contributed by atoms with Gasteiger partial charge in [0.15, 0.2) is 0 Å². The lowest BCUT2D eigenvalue weighted by Crippen LogP contribution is -2.13. The molecular weight excluding hydrogens is 112 g/mol. The van der Waals surface area contributed by atoms with E-state index in [-0.39, 0.29) is 12.4 Å². The van der Waals surface area contributed by atoms with Crippen LogP contribution in [-0.2, 0) is 0 Å². The summed E-state index contributed by atoms with van der Waals surface area (Å²) in [7, 11) is 0. The van der Waals surface area contributed by atoms with Crippen LogP contribution in [0.3, 0.4) is 0 Å². The van der Waals surface area contributed by atoms with Crippen molar-refractivity contribution >= 4 is 12.4 Å². The summed E-state index contributed by atoms with van der Waals surface area (Å²) in [6.45, 7) is 1.02. The van der Waals surface area contributed by atoms with Crippen LogP contribution in [0.15, 0.2) is 11.9 Å². The van der Waals surface area contributed by atoms with Crippen LogP contribution < -0.4 is 11.1 Å². The average Bonchev–Trinajstić information content (AvgIpc) is 1.86. The smallest absolute Gasteiger partial charge is 0.0919 e. The molecular formula is C4H9ClN2. The van der Waals surface area contributed by atoms with Gasteiger partial charge >= 0.3 is 0 Å². The molecule has 0 unspecified atom stereocenters. The van der Waals surface area contributed by atoms with Crippen LogP contribution in [0, 0.1) is 0 Å². The zero-order valence-electron chi connectivity index (χ0n) is 3.98. The molecule has 0 fully saturated rings. The molecule has 3 heteroatoms. The van der Waals surface area contributed by atoms with E-state index in [4.69, 9.17) is 5.73 Å². The topological polar surface area (TPSA) is 38.0 Å². The van der Waals surface area contributed by atoms with Crippen LogP contribution >= 0.6 is 12.4 Å². The lowest BCUT2D eigenvalue weighted by Gasteiger charge is -1.89. The summed E-state index contributed by atoms with van der Waals surface area (Å²) < 4.78 is 0. The third-order valence-corrected chi connectivity index (χ3v) is 0.838. The van der Waals surface area contributed by atoms with Crippen LogP contribution in [0.2, 0.25) is 0 Å². The number of rotatable bonds is 0. The molecule has 1 heterocycles. The molecule has 7 heavy (non-hydrogen) atoms. The Morgan fingerprint density at radius 3 is 2.57 bits per heavy atom. The van der Waals surface area contributed by atoms with Crippen molar-refractivity contribution in [1.29, 1.82) is 0 Å². The van der Waals surface area contributed by atoms with Gasteiger partial charge in [0, 0.05) is 6.54 Å². The minimum Gasteiger partial charge on any atom is -0.386 e. The molecule has 0 aromatic rings. The predicted octanol–water partition coefficient (Wildman–Crippen LogP) is 0.202. The third-order valence-electron chi connectivity index (χ3n) is 0.838. The Morgan fingerprint density at radius 2 is 2.43 bits per heavy atom. The lowest BCUT2D eigenvalue weighted by atomic mass is 10.5. The van der Waals surface area contributed by atoms with Crippen LogP contribution in [0.5, 0.6) is 0 Å². The molecule has 2 nitrogen and oxygen atoms in total. The van der Waals surface area contributed by atoms with Crippen molar-refractivity contribution in [3.63, 3.8) is 0 Å². The van der Waals surface area contributed by atoms with Crippen molar-refractivity contribution in [2.75, 3.05) is 6.54 Å². The van der Waals surface area contributed by atoms with Gasteiger partial charge in [-0.25, -0.2) is 0 Å². The second kappa shape index (κ2) is 2.75. The zero-order valence-corrected chi connectivity index (χ0v) is 4.79. The van der Waals surface area contributed by atoms with E-state index in [2.05, 4.69) is 5.32 Å². The number of hydrogen-bond donors (Lipinski definition) is 2. The summed E-state index contributed by atoms with van der Waals surface area (Å²) in [5.74, 6) is 0.829. The third kappa shape index (κ3) is 1.69. The maximum Gasteiger partial charge on any atom is 0.0919 e. The number of nitrogens with one attached hydrogen (secondary N) is 1. The van der Waals surface area contributed by atoms with E-state index < -0.39 is 0 Å². The highest BCUT2D eigenvalue weighted by Crippen LogP contribution is 1.90. The Balaban J connectivity index is 0.000000360. The number of nitrogens with two attached hydrogens (primary N) is 1. The zero-order chi connectivity index (χ0) is 4.41. The number of hydrogen-bond acceptors (Lipinski definition) is 2. The van der Waals surface area contributed by atoms with E-state index in [0.717, 1.165) is 18.8 Å². The Kier molecular flexibility index (Phi) is 2.60. The maximum absolute atomic E-state index is 5.28. The first-order valence-corrected chi connectivity index (χ1v) is 2.09. The van der Waals surface area contributed by atoms with Gasteiger partial charge in [0.1, 0.15) is 0 Å². The largest absolute Gasteiger partial charge is 0.386 e. The Morgan fingerprint density at radius 1 is 1.71 bits per heavy atom. The van der Waals surface area contributed by atoms with Crippen LogP contribution in [-0.4, -0.2) is 6.54 Å². The number of halogens is 1. The molecule has 0 radical (unpaired) electrons. The molecule has 0 saturated heterocycles. The van der Waals surface area contributed by atoms with Gasteiger partial charge in [-0.15, -0.1) is 12.4 Å².